The minimum atomic E-state index is 0.857. The molecule has 5 heterocycles. The van der Waals surface area contributed by atoms with Crippen LogP contribution in [0.2, 0.25) is 0 Å². The molecule has 0 N–H and O–H groups in total. The Morgan fingerprint density at radius 1 is 1.20 bits per heavy atom. The van der Waals surface area contributed by atoms with Crippen LogP contribution in [0.4, 0.5) is 0 Å². The predicted molar refractivity (Wildman–Crippen MR) is 78.6 cm³/mol. The number of thiazole rings is 1. The van der Waals surface area contributed by atoms with E-state index in [0.29, 0.717) is 0 Å². The molecule has 0 amide bonds. The molecule has 0 saturated heterocycles. The van der Waals surface area contributed by atoms with Crippen LogP contribution in [0, 0.1) is 0 Å². The van der Waals surface area contributed by atoms with Crippen molar-refractivity contribution in [3.63, 3.8) is 0 Å². The van der Waals surface area contributed by atoms with E-state index in [0.717, 1.165) is 12.2 Å². The van der Waals surface area contributed by atoms with Gasteiger partial charge in [0.25, 0.3) is 0 Å². The molecule has 0 spiro atoms. The monoisotopic (exact) mass is 279 g/mol. The molecular formula is C15H11N4S+. The maximum absolute atomic E-state index is 4.51. The highest BCUT2D eigenvalue weighted by molar-refractivity contribution is 7.22. The number of rotatable bonds is 0. The van der Waals surface area contributed by atoms with Gasteiger partial charge in [0, 0.05) is 12.4 Å². The highest BCUT2D eigenvalue weighted by Gasteiger charge is 2.33. The number of aryl methyl sites for hydroxylation is 1. The fourth-order valence-corrected chi connectivity index (χ4v) is 4.48. The van der Waals surface area contributed by atoms with Crippen molar-refractivity contribution in [1.82, 2.24) is 14.5 Å². The third-order valence-electron chi connectivity index (χ3n) is 4.00. The van der Waals surface area contributed by atoms with E-state index in [1.807, 2.05) is 35.9 Å². The topological polar surface area (TPSA) is 34.6 Å². The lowest BCUT2D eigenvalue weighted by molar-refractivity contribution is -0.645. The number of fused-ring (bicyclic) bond motifs is 7. The average Bonchev–Trinajstić information content (AvgIpc) is 3.09. The van der Waals surface area contributed by atoms with Crippen molar-refractivity contribution in [3.05, 3.63) is 42.4 Å². The molecule has 5 heteroatoms. The molecule has 1 aliphatic heterocycles. The highest BCUT2D eigenvalue weighted by Crippen LogP contribution is 2.38. The molecule has 20 heavy (non-hydrogen) atoms. The molecule has 0 radical (unpaired) electrons. The summed E-state index contributed by atoms with van der Waals surface area (Å²) in [6.45, 7) is 0.857. The Kier molecular flexibility index (Phi) is 1.80. The number of aromatic nitrogens is 4. The summed E-state index contributed by atoms with van der Waals surface area (Å²) in [7, 11) is 2.09. The van der Waals surface area contributed by atoms with Gasteiger partial charge >= 0.3 is 5.65 Å². The largest absolute Gasteiger partial charge is 0.302 e. The van der Waals surface area contributed by atoms with Crippen molar-refractivity contribution >= 4 is 32.7 Å². The first-order valence-corrected chi connectivity index (χ1v) is 7.36. The number of hydrogen-bond acceptors (Lipinski definition) is 3. The van der Waals surface area contributed by atoms with E-state index in [4.69, 9.17) is 0 Å². The van der Waals surface area contributed by atoms with E-state index >= 15 is 0 Å². The van der Waals surface area contributed by atoms with Crippen LogP contribution in [0.5, 0.6) is 0 Å². The molecule has 0 unspecified atom stereocenters. The minimum absolute atomic E-state index is 0.857. The highest BCUT2D eigenvalue weighted by atomic mass is 32.1. The third kappa shape index (κ3) is 1.10. The molecule has 4 nitrogen and oxygen atoms in total. The number of hydrogen-bond donors (Lipinski definition) is 0. The molecule has 0 bridgehead atoms. The average molecular weight is 279 g/mol. The Morgan fingerprint density at radius 2 is 2.05 bits per heavy atom. The van der Waals surface area contributed by atoms with Gasteiger partial charge in [0.15, 0.2) is 5.01 Å². The second kappa shape index (κ2) is 3.43. The zero-order valence-electron chi connectivity index (χ0n) is 10.9. The summed E-state index contributed by atoms with van der Waals surface area (Å²) in [5.41, 5.74) is 4.73. The maximum Gasteiger partial charge on any atom is 0.302 e. The van der Waals surface area contributed by atoms with Crippen LogP contribution >= 0.6 is 11.3 Å². The standard InChI is InChI=1S/C15H11N4S/c1-18-13-10(5-3-7-17-13)12-14(18)19-8-11-9(15(19)20-12)4-2-6-16-11/h2-7H,8H2,1H3/q+1. The van der Waals surface area contributed by atoms with Gasteiger partial charge in [-0.15, -0.1) is 0 Å². The summed E-state index contributed by atoms with van der Waals surface area (Å²) in [5, 5.41) is 2.54. The second-order valence-electron chi connectivity index (χ2n) is 5.08. The predicted octanol–water partition coefficient (Wildman–Crippen LogP) is 2.50. The van der Waals surface area contributed by atoms with Crippen molar-refractivity contribution in [2.24, 2.45) is 7.05 Å². The van der Waals surface area contributed by atoms with Gasteiger partial charge < -0.3 is 0 Å². The second-order valence-corrected chi connectivity index (χ2v) is 6.08. The zero-order chi connectivity index (χ0) is 13.3. The van der Waals surface area contributed by atoms with Crippen LogP contribution in [0.3, 0.4) is 0 Å². The lowest BCUT2D eigenvalue weighted by atomic mass is 10.2. The molecule has 4 aromatic rings. The molecule has 0 saturated carbocycles. The molecule has 0 atom stereocenters. The Balaban J connectivity index is 1.97. The van der Waals surface area contributed by atoms with Crippen LogP contribution in [-0.4, -0.2) is 14.5 Å². The van der Waals surface area contributed by atoms with Crippen LogP contribution in [0.1, 0.15) is 5.69 Å². The van der Waals surface area contributed by atoms with Gasteiger partial charge in [-0.3, -0.25) is 4.98 Å². The number of pyridine rings is 2. The number of nitrogens with zero attached hydrogens (tertiary/aromatic N) is 4. The maximum atomic E-state index is 4.51. The van der Waals surface area contributed by atoms with Crippen molar-refractivity contribution in [2.75, 3.05) is 0 Å². The first-order valence-electron chi connectivity index (χ1n) is 6.54. The molecule has 96 valence electrons. The molecule has 4 aromatic heterocycles. The lowest BCUT2D eigenvalue weighted by Crippen LogP contribution is -2.32. The lowest BCUT2D eigenvalue weighted by Gasteiger charge is -1.92. The quantitative estimate of drug-likeness (QED) is 0.408. The summed E-state index contributed by atoms with van der Waals surface area (Å²) in [6, 6.07) is 8.34. The molecule has 1 aliphatic rings. The smallest absolute Gasteiger partial charge is 0.256 e. The van der Waals surface area contributed by atoms with Crippen LogP contribution in [0.15, 0.2) is 36.7 Å². The van der Waals surface area contributed by atoms with Crippen molar-refractivity contribution in [2.45, 2.75) is 6.54 Å². The van der Waals surface area contributed by atoms with Crippen molar-refractivity contribution < 1.29 is 4.57 Å². The normalized spacial score (nSPS) is 13.1. The fourth-order valence-electron chi connectivity index (χ4n) is 3.12. The van der Waals surface area contributed by atoms with E-state index < -0.39 is 0 Å². The molecule has 0 aromatic carbocycles. The van der Waals surface area contributed by atoms with E-state index in [2.05, 4.69) is 38.3 Å². The van der Waals surface area contributed by atoms with E-state index in [1.165, 1.54) is 32.0 Å². The van der Waals surface area contributed by atoms with Gasteiger partial charge in [0.05, 0.1) is 23.7 Å². The van der Waals surface area contributed by atoms with Gasteiger partial charge in [-0.05, 0) is 24.3 Å². The summed E-state index contributed by atoms with van der Waals surface area (Å²) in [5.74, 6) is 0. The van der Waals surface area contributed by atoms with Gasteiger partial charge in [0.1, 0.15) is 11.2 Å². The SMILES string of the molecule is Cn1c2ncccc2c2sc3[n+](c21)Cc1ncccc1-3. The van der Waals surface area contributed by atoms with Gasteiger partial charge in [-0.1, -0.05) is 11.3 Å². The Labute approximate surface area is 119 Å². The van der Waals surface area contributed by atoms with Crippen molar-refractivity contribution in [1.29, 1.82) is 0 Å². The van der Waals surface area contributed by atoms with E-state index in [-0.39, 0.29) is 0 Å². The summed E-state index contributed by atoms with van der Waals surface area (Å²) < 4.78 is 5.87. The van der Waals surface area contributed by atoms with Gasteiger partial charge in [0.2, 0.25) is 5.65 Å². The molecular weight excluding hydrogens is 268 g/mol. The van der Waals surface area contributed by atoms with Gasteiger partial charge in [-0.25, -0.2) is 14.1 Å². The Hall–Kier alpha value is -2.27. The Bertz CT molecular complexity index is 996. The van der Waals surface area contributed by atoms with Crippen LogP contribution in [0.25, 0.3) is 32.0 Å². The molecule has 0 fully saturated rings. The van der Waals surface area contributed by atoms with Crippen LogP contribution in [-0.2, 0) is 13.6 Å². The summed E-state index contributed by atoms with van der Waals surface area (Å²) in [4.78, 5) is 9.00. The first-order chi connectivity index (χ1) is 9.84. The third-order valence-corrected chi connectivity index (χ3v) is 5.24. The van der Waals surface area contributed by atoms with Crippen LogP contribution < -0.4 is 4.57 Å². The Morgan fingerprint density at radius 3 is 3.00 bits per heavy atom. The fraction of sp³-hybridized carbons (Fsp3) is 0.133. The first kappa shape index (κ1) is 10.5. The van der Waals surface area contributed by atoms with Gasteiger partial charge in [-0.2, -0.15) is 0 Å². The minimum Gasteiger partial charge on any atom is -0.256 e. The zero-order valence-corrected chi connectivity index (χ0v) is 11.7. The summed E-state index contributed by atoms with van der Waals surface area (Å²) >= 11 is 1.84. The van der Waals surface area contributed by atoms with E-state index in [9.17, 15) is 0 Å². The molecule has 5 rings (SSSR count). The van der Waals surface area contributed by atoms with Crippen molar-refractivity contribution in [3.8, 4) is 10.6 Å². The summed E-state index contributed by atoms with van der Waals surface area (Å²) in [6.07, 6.45) is 3.73. The molecule has 0 aliphatic carbocycles. The van der Waals surface area contributed by atoms with E-state index in [1.54, 1.807) is 0 Å².